The average molecular weight is 132 g/mol. The number of nitrogens with zero attached hydrogens (tertiary/aromatic N) is 1. The number of hydrogen-bond donors (Lipinski definition) is 1. The number of allylic oxidation sites excluding steroid dienone is 1. The van der Waals surface area contributed by atoms with Gasteiger partial charge in [-0.05, 0) is 24.3 Å². The highest BCUT2D eigenvalue weighted by molar-refractivity contribution is 5.53. The van der Waals surface area contributed by atoms with E-state index in [9.17, 15) is 0 Å². The minimum Gasteiger partial charge on any atom is -0.361 e. The summed E-state index contributed by atoms with van der Waals surface area (Å²) in [6.07, 6.45) is 8.73. The van der Waals surface area contributed by atoms with E-state index >= 15 is 0 Å². The maximum atomic E-state index is 4.00. The molecule has 0 fully saturated rings. The highest BCUT2D eigenvalue weighted by Gasteiger charge is 2.00. The number of pyridine rings is 1. The van der Waals surface area contributed by atoms with Gasteiger partial charge in [0.1, 0.15) is 0 Å². The summed E-state index contributed by atoms with van der Waals surface area (Å²) in [6, 6.07) is 2.03. The maximum Gasteiger partial charge on any atom is 0.0601 e. The van der Waals surface area contributed by atoms with Crippen LogP contribution >= 0.6 is 0 Å². The van der Waals surface area contributed by atoms with Crippen LogP contribution in [0.15, 0.2) is 30.7 Å². The van der Waals surface area contributed by atoms with Gasteiger partial charge in [0.25, 0.3) is 0 Å². The Kier molecular flexibility index (Phi) is 1.17. The molecule has 0 spiro atoms. The summed E-state index contributed by atoms with van der Waals surface area (Å²) < 4.78 is 0. The van der Waals surface area contributed by atoms with E-state index in [0.717, 1.165) is 12.1 Å². The molecule has 0 aromatic carbocycles. The van der Waals surface area contributed by atoms with Crippen LogP contribution in [0, 0.1) is 0 Å². The second-order valence-electron chi connectivity index (χ2n) is 2.28. The van der Waals surface area contributed by atoms with Crippen molar-refractivity contribution < 1.29 is 0 Å². The normalized spacial score (nSPS) is 14.0. The predicted molar refractivity (Wildman–Crippen MR) is 40.7 cm³/mol. The molecule has 0 saturated carbocycles. The van der Waals surface area contributed by atoms with E-state index in [2.05, 4.69) is 16.4 Å². The first-order valence-corrected chi connectivity index (χ1v) is 3.31. The molecular weight excluding hydrogens is 124 g/mol. The lowest BCUT2D eigenvalue weighted by Crippen LogP contribution is -1.99. The topological polar surface area (TPSA) is 24.9 Å². The van der Waals surface area contributed by atoms with Gasteiger partial charge in [0.05, 0.1) is 11.9 Å². The fourth-order valence-corrected chi connectivity index (χ4v) is 1.07. The number of nitrogens with one attached hydrogen (secondary N) is 1. The van der Waals surface area contributed by atoms with Crippen LogP contribution in [0.4, 0.5) is 5.69 Å². The molecule has 0 aliphatic carbocycles. The first-order chi connectivity index (χ1) is 4.97. The van der Waals surface area contributed by atoms with E-state index in [4.69, 9.17) is 0 Å². The predicted octanol–water partition coefficient (Wildman–Crippen LogP) is 1.56. The number of anilines is 1. The van der Waals surface area contributed by atoms with Crippen molar-refractivity contribution in [2.45, 2.75) is 6.42 Å². The maximum absolute atomic E-state index is 4.00. The number of hydrogen-bond acceptors (Lipinski definition) is 2. The Balaban J connectivity index is 2.47. The molecule has 1 aromatic heterocycles. The van der Waals surface area contributed by atoms with Crippen molar-refractivity contribution in [3.05, 3.63) is 36.3 Å². The summed E-state index contributed by atoms with van der Waals surface area (Å²) in [4.78, 5) is 4.00. The Morgan fingerprint density at radius 3 is 3.40 bits per heavy atom. The lowest BCUT2D eigenvalue weighted by Gasteiger charge is -2.10. The molecule has 2 rings (SSSR count). The molecule has 0 unspecified atom stereocenters. The summed E-state index contributed by atoms with van der Waals surface area (Å²) in [6.45, 7) is 0. The van der Waals surface area contributed by atoms with Crippen LogP contribution in [0.25, 0.3) is 0 Å². The third-order valence-electron chi connectivity index (χ3n) is 1.61. The highest BCUT2D eigenvalue weighted by atomic mass is 14.9. The first kappa shape index (κ1) is 5.47. The molecule has 0 amide bonds. The Morgan fingerprint density at radius 2 is 2.50 bits per heavy atom. The van der Waals surface area contributed by atoms with Crippen LogP contribution < -0.4 is 5.32 Å². The minimum atomic E-state index is 1.02. The van der Waals surface area contributed by atoms with Crippen molar-refractivity contribution in [3.63, 3.8) is 0 Å². The van der Waals surface area contributed by atoms with Gasteiger partial charge in [0.2, 0.25) is 0 Å². The van der Waals surface area contributed by atoms with E-state index in [1.54, 1.807) is 0 Å². The number of fused-ring (bicyclic) bond motifs is 1. The van der Waals surface area contributed by atoms with Crippen molar-refractivity contribution >= 4 is 5.69 Å². The van der Waals surface area contributed by atoms with E-state index in [-0.39, 0.29) is 0 Å². The number of rotatable bonds is 0. The zero-order valence-electron chi connectivity index (χ0n) is 5.54. The molecule has 1 N–H and O–H groups in total. The fourth-order valence-electron chi connectivity index (χ4n) is 1.07. The van der Waals surface area contributed by atoms with Gasteiger partial charge in [-0.3, -0.25) is 4.98 Å². The monoisotopic (exact) mass is 132 g/mol. The molecule has 10 heavy (non-hydrogen) atoms. The average Bonchev–Trinajstić information content (AvgIpc) is 2.05. The Labute approximate surface area is 59.6 Å². The standard InChI is InChI=1S/C8H8N2/c1-2-7-3-5-9-6-8(7)10-4-1/h1,3-6,10H,2H2. The van der Waals surface area contributed by atoms with E-state index in [1.807, 2.05) is 24.7 Å². The van der Waals surface area contributed by atoms with Crippen LogP contribution in [0.2, 0.25) is 0 Å². The van der Waals surface area contributed by atoms with Gasteiger partial charge in [0.15, 0.2) is 0 Å². The molecule has 1 aliphatic rings. The van der Waals surface area contributed by atoms with Gasteiger partial charge in [-0.15, -0.1) is 0 Å². The van der Waals surface area contributed by atoms with Crippen molar-refractivity contribution in [1.29, 1.82) is 0 Å². The quantitative estimate of drug-likeness (QED) is 0.579. The zero-order valence-corrected chi connectivity index (χ0v) is 5.54. The SMILES string of the molecule is C1=CNc2cnccc2C1. The third-order valence-corrected chi connectivity index (χ3v) is 1.61. The molecule has 0 bridgehead atoms. The molecule has 0 radical (unpaired) electrons. The van der Waals surface area contributed by atoms with Crippen molar-refractivity contribution in [1.82, 2.24) is 4.98 Å². The summed E-state index contributed by atoms with van der Waals surface area (Å²) in [5.74, 6) is 0. The largest absolute Gasteiger partial charge is 0.361 e. The van der Waals surface area contributed by atoms with Gasteiger partial charge in [0, 0.05) is 6.20 Å². The summed E-state index contributed by atoms with van der Waals surface area (Å²) in [7, 11) is 0. The fraction of sp³-hybridized carbons (Fsp3) is 0.125. The molecule has 2 heteroatoms. The zero-order chi connectivity index (χ0) is 6.81. The summed E-state index contributed by atoms with van der Waals surface area (Å²) >= 11 is 0. The van der Waals surface area contributed by atoms with Crippen LogP contribution in [-0.2, 0) is 6.42 Å². The second-order valence-corrected chi connectivity index (χ2v) is 2.28. The Hall–Kier alpha value is -1.31. The molecule has 50 valence electrons. The smallest absolute Gasteiger partial charge is 0.0601 e. The first-order valence-electron chi connectivity index (χ1n) is 3.31. The van der Waals surface area contributed by atoms with E-state index in [0.29, 0.717) is 0 Å². The van der Waals surface area contributed by atoms with Crippen molar-refractivity contribution in [2.24, 2.45) is 0 Å². The van der Waals surface area contributed by atoms with Crippen LogP contribution in [0.1, 0.15) is 5.56 Å². The lowest BCUT2D eigenvalue weighted by molar-refractivity contribution is 1.18. The lowest BCUT2D eigenvalue weighted by atomic mass is 10.1. The van der Waals surface area contributed by atoms with E-state index in [1.165, 1.54) is 5.56 Å². The molecule has 2 nitrogen and oxygen atoms in total. The summed E-state index contributed by atoms with van der Waals surface area (Å²) in [5, 5.41) is 3.12. The minimum absolute atomic E-state index is 1.02. The summed E-state index contributed by atoms with van der Waals surface area (Å²) in [5.41, 5.74) is 2.45. The molecular formula is C8H8N2. The molecule has 0 saturated heterocycles. The van der Waals surface area contributed by atoms with Gasteiger partial charge in [-0.1, -0.05) is 6.08 Å². The van der Waals surface area contributed by atoms with Gasteiger partial charge >= 0.3 is 0 Å². The molecule has 1 aromatic rings. The second kappa shape index (κ2) is 2.14. The highest BCUT2D eigenvalue weighted by Crippen LogP contribution is 2.17. The van der Waals surface area contributed by atoms with Gasteiger partial charge < -0.3 is 5.32 Å². The Morgan fingerprint density at radius 1 is 1.50 bits per heavy atom. The Bertz CT molecular complexity index is 239. The number of aromatic nitrogens is 1. The van der Waals surface area contributed by atoms with Crippen molar-refractivity contribution in [2.75, 3.05) is 5.32 Å². The van der Waals surface area contributed by atoms with Gasteiger partial charge in [-0.25, -0.2) is 0 Å². The van der Waals surface area contributed by atoms with Gasteiger partial charge in [-0.2, -0.15) is 0 Å². The van der Waals surface area contributed by atoms with Crippen LogP contribution in [0.5, 0.6) is 0 Å². The third kappa shape index (κ3) is 0.778. The molecule has 2 heterocycles. The molecule has 1 aliphatic heterocycles. The van der Waals surface area contributed by atoms with E-state index < -0.39 is 0 Å². The van der Waals surface area contributed by atoms with Crippen molar-refractivity contribution in [3.8, 4) is 0 Å². The van der Waals surface area contributed by atoms with Crippen LogP contribution in [-0.4, -0.2) is 4.98 Å². The molecule has 0 atom stereocenters. The van der Waals surface area contributed by atoms with Crippen LogP contribution in [0.3, 0.4) is 0 Å².